The van der Waals surface area contributed by atoms with Crippen molar-refractivity contribution in [2.45, 2.75) is 45.5 Å². The van der Waals surface area contributed by atoms with E-state index < -0.39 is 25.5 Å². The first-order valence-electron chi connectivity index (χ1n) is 10.2. The molecule has 0 unspecified atom stereocenters. The number of hydrogen-bond acceptors (Lipinski definition) is 4. The minimum Gasteiger partial charge on any atom is -0.410 e. The van der Waals surface area contributed by atoms with E-state index in [0.717, 1.165) is 11.3 Å². The Kier molecular flexibility index (Phi) is 4.92. The molecule has 6 heteroatoms. The van der Waals surface area contributed by atoms with Gasteiger partial charge in [-0.2, -0.15) is 4.90 Å². The summed E-state index contributed by atoms with van der Waals surface area (Å²) in [5, 5.41) is 0. The van der Waals surface area contributed by atoms with E-state index in [1.807, 2.05) is 6.08 Å². The minimum atomic E-state index is -1.93. The molecule has 4 rings (SSSR count). The van der Waals surface area contributed by atoms with Crippen LogP contribution in [0.5, 0.6) is 0 Å². The van der Waals surface area contributed by atoms with Crippen molar-refractivity contribution in [1.82, 2.24) is 4.90 Å². The van der Waals surface area contributed by atoms with E-state index in [9.17, 15) is 14.4 Å². The van der Waals surface area contributed by atoms with Crippen LogP contribution in [0.1, 0.15) is 40.5 Å². The van der Waals surface area contributed by atoms with Gasteiger partial charge in [0.1, 0.15) is 0 Å². The summed E-state index contributed by atoms with van der Waals surface area (Å²) in [6, 6.07) is 9.44. The van der Waals surface area contributed by atoms with Gasteiger partial charge in [0.15, 0.2) is 14.1 Å². The molecule has 154 valence electrons. The molecule has 1 aromatic carbocycles. The largest absolute Gasteiger partial charge is 0.410 e. The molecule has 0 fully saturated rings. The Morgan fingerprint density at radius 1 is 1.13 bits per heavy atom. The molecule has 0 saturated heterocycles. The van der Waals surface area contributed by atoms with E-state index in [1.165, 1.54) is 5.57 Å². The van der Waals surface area contributed by atoms with Crippen LogP contribution in [-0.2, 0) is 9.22 Å². The molecule has 30 heavy (non-hydrogen) atoms. The molecule has 1 aromatic rings. The van der Waals surface area contributed by atoms with Gasteiger partial charge in [-0.25, -0.2) is 0 Å². The summed E-state index contributed by atoms with van der Waals surface area (Å²) in [5.41, 5.74) is 1.13. The normalized spacial score (nSPS) is 27.5. The van der Waals surface area contributed by atoms with Gasteiger partial charge < -0.3 is 4.43 Å². The van der Waals surface area contributed by atoms with E-state index in [-0.39, 0.29) is 24.2 Å². The quantitative estimate of drug-likeness (QED) is 0.322. The molecule has 5 nitrogen and oxygen atoms in total. The summed E-state index contributed by atoms with van der Waals surface area (Å²) in [7, 11) is -1.93. The van der Waals surface area contributed by atoms with Crippen LogP contribution in [0.3, 0.4) is 0 Å². The summed E-state index contributed by atoms with van der Waals surface area (Å²) in [6.07, 6.45) is 6.31. The topological polar surface area (TPSA) is 63.7 Å². The number of imide groups is 1. The summed E-state index contributed by atoms with van der Waals surface area (Å²) in [6.45, 7) is 8.37. The molecule has 0 spiro atoms. The number of ketones is 1. The lowest BCUT2D eigenvalue weighted by Gasteiger charge is -2.44. The van der Waals surface area contributed by atoms with Gasteiger partial charge in [-0.3, -0.25) is 14.4 Å². The van der Waals surface area contributed by atoms with Gasteiger partial charge in [0, 0.05) is 12.5 Å². The van der Waals surface area contributed by atoms with E-state index in [0.29, 0.717) is 11.1 Å². The summed E-state index contributed by atoms with van der Waals surface area (Å²) in [5.74, 6) is 2.18. The van der Waals surface area contributed by atoms with Crippen LogP contribution in [-0.4, -0.2) is 36.9 Å². The molecule has 2 aliphatic carbocycles. The third-order valence-electron chi connectivity index (χ3n) is 5.93. The van der Waals surface area contributed by atoms with Gasteiger partial charge >= 0.3 is 0 Å². The Bertz CT molecular complexity index is 1030. The fourth-order valence-electron chi connectivity index (χ4n) is 4.53. The van der Waals surface area contributed by atoms with Crippen LogP contribution >= 0.6 is 0 Å². The molecule has 0 radical (unpaired) electrons. The number of carbonyl (C=O) groups excluding carboxylic acids is 3. The number of allylic oxidation sites excluding steroid dienone is 3. The monoisotopic (exact) mass is 419 g/mol. The minimum absolute atomic E-state index is 0.00725. The highest BCUT2D eigenvalue weighted by Gasteiger charge is 2.54. The van der Waals surface area contributed by atoms with Crippen molar-refractivity contribution in [1.29, 1.82) is 0 Å². The first kappa shape index (κ1) is 20.5. The molecule has 2 amide bonds. The molecular formula is C24H25NO4Si. The lowest BCUT2D eigenvalue weighted by molar-refractivity contribution is -0.129. The van der Waals surface area contributed by atoms with Gasteiger partial charge in [0.25, 0.3) is 11.8 Å². The van der Waals surface area contributed by atoms with Gasteiger partial charge in [0.05, 0.1) is 22.6 Å². The van der Waals surface area contributed by atoms with E-state index in [4.69, 9.17) is 4.43 Å². The van der Waals surface area contributed by atoms with Crippen molar-refractivity contribution in [3.63, 3.8) is 0 Å². The fraction of sp³-hybridized carbons (Fsp3) is 0.375. The second kappa shape index (κ2) is 7.19. The second-order valence-electron chi connectivity index (χ2n) is 9.19. The Labute approximate surface area is 177 Å². The molecule has 3 aliphatic rings. The molecule has 1 aliphatic heterocycles. The Morgan fingerprint density at radius 3 is 2.37 bits per heavy atom. The maximum Gasteiger partial charge on any atom is 0.273 e. The van der Waals surface area contributed by atoms with Gasteiger partial charge in [-0.1, -0.05) is 35.8 Å². The summed E-state index contributed by atoms with van der Waals surface area (Å²) in [4.78, 5) is 39.2. The molecular weight excluding hydrogens is 394 g/mol. The number of rotatable bonds is 3. The molecule has 0 bridgehead atoms. The third kappa shape index (κ3) is 3.28. The lowest BCUT2D eigenvalue weighted by Crippen LogP contribution is -2.50. The van der Waals surface area contributed by atoms with Crippen molar-refractivity contribution in [2.24, 2.45) is 11.3 Å². The van der Waals surface area contributed by atoms with Gasteiger partial charge in [-0.05, 0) is 57.1 Å². The zero-order chi connectivity index (χ0) is 21.7. The molecule has 0 N–H and O–H groups in total. The Hall–Kier alpha value is -2.75. The number of carbonyl (C=O) groups is 3. The third-order valence-corrected chi connectivity index (χ3v) is 6.89. The molecule has 3 atom stereocenters. The SMILES string of the molecule is CC1=C[C@H](O[Si](C)(C)C)[C@]2(CC#CN3C(=O)c4ccccc4C3=O)C(=O)C=C[C@@H]2C1. The van der Waals surface area contributed by atoms with Crippen molar-refractivity contribution in [3.8, 4) is 12.0 Å². The summed E-state index contributed by atoms with van der Waals surface area (Å²) < 4.78 is 6.44. The highest BCUT2D eigenvalue weighted by Crippen LogP contribution is 2.50. The highest BCUT2D eigenvalue weighted by atomic mass is 28.4. The van der Waals surface area contributed by atoms with Crippen LogP contribution < -0.4 is 0 Å². The van der Waals surface area contributed by atoms with Crippen LogP contribution in [0.15, 0.2) is 48.1 Å². The number of hydrogen-bond donors (Lipinski definition) is 0. The Morgan fingerprint density at radius 2 is 1.77 bits per heavy atom. The zero-order valence-electron chi connectivity index (χ0n) is 17.7. The highest BCUT2D eigenvalue weighted by molar-refractivity contribution is 6.69. The van der Waals surface area contributed by atoms with Crippen LogP contribution in [0, 0.1) is 23.3 Å². The van der Waals surface area contributed by atoms with Crippen LogP contribution in [0.4, 0.5) is 0 Å². The predicted octanol–water partition coefficient (Wildman–Crippen LogP) is 3.95. The molecule has 0 aromatic heterocycles. The van der Waals surface area contributed by atoms with Gasteiger partial charge in [-0.15, -0.1) is 0 Å². The molecule has 1 heterocycles. The van der Waals surface area contributed by atoms with E-state index >= 15 is 0 Å². The van der Waals surface area contributed by atoms with Crippen molar-refractivity contribution in [3.05, 3.63) is 59.2 Å². The standard InChI is InChI=1S/C24H25NO4Si/c1-16-14-17-10-11-20(26)24(17,21(15-16)29-30(2,3)4)12-7-13-25-22(27)18-8-5-6-9-19(18)23(25)28/h5-6,8-11,15,17,21H,12,14H2,1-4H3/t17-,21+,24+/m1/s1. The average molecular weight is 420 g/mol. The predicted molar refractivity (Wildman–Crippen MR) is 116 cm³/mol. The van der Waals surface area contributed by atoms with Crippen molar-refractivity contribution in [2.75, 3.05) is 0 Å². The Balaban J connectivity index is 1.65. The number of amides is 2. The number of fused-ring (bicyclic) bond motifs is 2. The maximum atomic E-state index is 13.1. The van der Waals surface area contributed by atoms with Crippen molar-refractivity contribution >= 4 is 25.9 Å². The first-order chi connectivity index (χ1) is 14.1. The lowest BCUT2D eigenvalue weighted by atomic mass is 9.64. The smallest absolute Gasteiger partial charge is 0.273 e. The van der Waals surface area contributed by atoms with Crippen molar-refractivity contribution < 1.29 is 18.8 Å². The van der Waals surface area contributed by atoms with E-state index in [2.05, 4.69) is 44.6 Å². The number of nitrogens with zero attached hydrogens (tertiary/aromatic N) is 1. The summed E-state index contributed by atoms with van der Waals surface area (Å²) >= 11 is 0. The zero-order valence-corrected chi connectivity index (χ0v) is 18.7. The second-order valence-corrected chi connectivity index (χ2v) is 13.7. The fourth-order valence-corrected chi connectivity index (χ4v) is 5.57. The molecule has 0 saturated carbocycles. The van der Waals surface area contributed by atoms with Gasteiger partial charge in [0.2, 0.25) is 0 Å². The maximum absolute atomic E-state index is 13.1. The average Bonchev–Trinajstić information content (AvgIpc) is 3.11. The van der Waals surface area contributed by atoms with Crippen LogP contribution in [0.2, 0.25) is 19.6 Å². The van der Waals surface area contributed by atoms with Crippen LogP contribution in [0.25, 0.3) is 0 Å². The number of benzene rings is 1. The van der Waals surface area contributed by atoms with E-state index in [1.54, 1.807) is 30.3 Å². The first-order valence-corrected chi connectivity index (χ1v) is 13.6.